The fraction of sp³-hybridized carbons (Fsp3) is 0.400. The Hall–Kier alpha value is -0.830. The molecule has 0 bridgehead atoms. The summed E-state index contributed by atoms with van der Waals surface area (Å²) in [5.74, 6) is 0. The van der Waals surface area contributed by atoms with Crippen molar-refractivity contribution in [3.05, 3.63) is 12.3 Å². The molecule has 44 valence electrons. The Morgan fingerprint density at radius 2 is 2.62 bits per heavy atom. The zero-order valence-corrected chi connectivity index (χ0v) is 4.54. The van der Waals surface area contributed by atoms with Crippen LogP contribution in [0.25, 0.3) is 0 Å². The average molecular weight is 111 g/mol. The lowest BCUT2D eigenvalue weighted by molar-refractivity contribution is 0.621. The Kier molecular flexibility index (Phi) is 1.64. The van der Waals surface area contributed by atoms with Gasteiger partial charge in [-0.05, 0) is 12.3 Å². The molecule has 0 aromatic carbocycles. The van der Waals surface area contributed by atoms with Gasteiger partial charge in [0.25, 0.3) is 0 Å². The van der Waals surface area contributed by atoms with Gasteiger partial charge in [0.1, 0.15) is 6.17 Å². The van der Waals surface area contributed by atoms with E-state index >= 15 is 0 Å². The first kappa shape index (κ1) is 5.31. The SMILES string of the molecule is NCC1N=CC=CN1. The van der Waals surface area contributed by atoms with E-state index in [4.69, 9.17) is 5.73 Å². The van der Waals surface area contributed by atoms with Crippen LogP contribution in [0.4, 0.5) is 0 Å². The standard InChI is InChI=1S/C5H9N3/c6-4-5-7-2-1-3-8-5/h1-3,5,7H,4,6H2. The van der Waals surface area contributed by atoms with Crippen LogP contribution in [-0.4, -0.2) is 18.9 Å². The van der Waals surface area contributed by atoms with Gasteiger partial charge in [0.15, 0.2) is 0 Å². The number of hydrogen-bond acceptors (Lipinski definition) is 3. The fourth-order valence-corrected chi connectivity index (χ4v) is 0.535. The van der Waals surface area contributed by atoms with Gasteiger partial charge >= 0.3 is 0 Å². The minimum absolute atomic E-state index is 0.0972. The molecule has 0 saturated heterocycles. The summed E-state index contributed by atoms with van der Waals surface area (Å²) in [6.45, 7) is 0.556. The number of nitrogens with two attached hydrogens (primary N) is 1. The summed E-state index contributed by atoms with van der Waals surface area (Å²) in [5.41, 5.74) is 5.29. The Balaban J connectivity index is 2.40. The summed E-state index contributed by atoms with van der Waals surface area (Å²) >= 11 is 0. The number of allylic oxidation sites excluding steroid dienone is 1. The van der Waals surface area contributed by atoms with E-state index in [0.29, 0.717) is 6.54 Å². The van der Waals surface area contributed by atoms with Crippen molar-refractivity contribution in [1.82, 2.24) is 5.32 Å². The van der Waals surface area contributed by atoms with E-state index < -0.39 is 0 Å². The van der Waals surface area contributed by atoms with Crippen LogP contribution in [0.1, 0.15) is 0 Å². The first-order valence-corrected chi connectivity index (χ1v) is 2.58. The van der Waals surface area contributed by atoms with Gasteiger partial charge in [-0.1, -0.05) is 0 Å². The number of hydrogen-bond donors (Lipinski definition) is 2. The van der Waals surface area contributed by atoms with Crippen LogP contribution in [-0.2, 0) is 0 Å². The Labute approximate surface area is 48.3 Å². The molecule has 3 heteroatoms. The van der Waals surface area contributed by atoms with E-state index in [9.17, 15) is 0 Å². The van der Waals surface area contributed by atoms with Gasteiger partial charge in [-0.3, -0.25) is 4.99 Å². The Bertz CT molecular complexity index is 117. The fourth-order valence-electron chi connectivity index (χ4n) is 0.535. The lowest BCUT2D eigenvalue weighted by Gasteiger charge is -2.10. The maximum atomic E-state index is 5.29. The predicted molar refractivity (Wildman–Crippen MR) is 33.6 cm³/mol. The van der Waals surface area contributed by atoms with Gasteiger partial charge in [0, 0.05) is 12.8 Å². The van der Waals surface area contributed by atoms with Crippen molar-refractivity contribution in [3.8, 4) is 0 Å². The first-order valence-electron chi connectivity index (χ1n) is 2.58. The summed E-state index contributed by atoms with van der Waals surface area (Å²) in [7, 11) is 0. The van der Waals surface area contributed by atoms with Crippen molar-refractivity contribution < 1.29 is 0 Å². The maximum absolute atomic E-state index is 5.29. The molecule has 1 unspecified atom stereocenters. The van der Waals surface area contributed by atoms with E-state index in [0.717, 1.165) is 0 Å². The van der Waals surface area contributed by atoms with Crippen molar-refractivity contribution in [2.75, 3.05) is 6.54 Å². The summed E-state index contributed by atoms with van der Waals surface area (Å²) in [6.07, 6.45) is 5.52. The molecule has 1 rings (SSSR count). The molecule has 3 N–H and O–H groups in total. The number of aliphatic imine (C=N–C) groups is 1. The molecule has 0 saturated carbocycles. The highest BCUT2D eigenvalue weighted by Crippen LogP contribution is 1.85. The maximum Gasteiger partial charge on any atom is 0.130 e. The quantitative estimate of drug-likeness (QED) is 0.477. The average Bonchev–Trinajstić information content (AvgIpc) is 1.90. The lowest BCUT2D eigenvalue weighted by atomic mass is 10.4. The second-order valence-corrected chi connectivity index (χ2v) is 1.58. The minimum atomic E-state index is 0.0972. The molecule has 0 spiro atoms. The Morgan fingerprint density at radius 3 is 3.00 bits per heavy atom. The van der Waals surface area contributed by atoms with Gasteiger partial charge in [-0.25, -0.2) is 0 Å². The van der Waals surface area contributed by atoms with E-state index in [1.54, 1.807) is 6.21 Å². The van der Waals surface area contributed by atoms with Crippen LogP contribution in [0.3, 0.4) is 0 Å². The summed E-state index contributed by atoms with van der Waals surface area (Å²) in [4.78, 5) is 4.00. The highest BCUT2D eigenvalue weighted by Gasteiger charge is 1.98. The Morgan fingerprint density at radius 1 is 1.75 bits per heavy atom. The van der Waals surface area contributed by atoms with Crippen LogP contribution in [0.15, 0.2) is 17.3 Å². The van der Waals surface area contributed by atoms with E-state index in [1.807, 2.05) is 12.3 Å². The number of nitrogens with zero attached hydrogens (tertiary/aromatic N) is 1. The van der Waals surface area contributed by atoms with Crippen molar-refractivity contribution in [1.29, 1.82) is 0 Å². The van der Waals surface area contributed by atoms with Crippen LogP contribution in [0.2, 0.25) is 0 Å². The van der Waals surface area contributed by atoms with Crippen molar-refractivity contribution >= 4 is 6.21 Å². The van der Waals surface area contributed by atoms with Crippen LogP contribution >= 0.6 is 0 Å². The molecule has 1 atom stereocenters. The van der Waals surface area contributed by atoms with Crippen LogP contribution in [0, 0.1) is 0 Å². The third kappa shape index (κ3) is 1.07. The van der Waals surface area contributed by atoms with E-state index in [-0.39, 0.29) is 6.17 Å². The minimum Gasteiger partial charge on any atom is -0.369 e. The zero-order chi connectivity index (χ0) is 5.82. The monoisotopic (exact) mass is 111 g/mol. The normalized spacial score (nSPS) is 25.4. The molecule has 8 heavy (non-hydrogen) atoms. The first-order chi connectivity index (χ1) is 3.93. The second kappa shape index (κ2) is 2.47. The van der Waals surface area contributed by atoms with E-state index in [1.165, 1.54) is 0 Å². The van der Waals surface area contributed by atoms with Crippen molar-refractivity contribution in [2.24, 2.45) is 10.7 Å². The van der Waals surface area contributed by atoms with Gasteiger partial charge in [0.05, 0.1) is 0 Å². The van der Waals surface area contributed by atoms with Gasteiger partial charge < -0.3 is 11.1 Å². The lowest BCUT2D eigenvalue weighted by Crippen LogP contribution is -2.32. The van der Waals surface area contributed by atoms with Crippen LogP contribution in [0.5, 0.6) is 0 Å². The van der Waals surface area contributed by atoms with Crippen LogP contribution < -0.4 is 11.1 Å². The third-order valence-electron chi connectivity index (χ3n) is 0.960. The molecule has 1 aliphatic rings. The number of rotatable bonds is 1. The van der Waals surface area contributed by atoms with Crippen molar-refractivity contribution in [2.45, 2.75) is 6.17 Å². The summed E-state index contributed by atoms with van der Waals surface area (Å²) < 4.78 is 0. The molecule has 3 nitrogen and oxygen atoms in total. The predicted octanol–water partition coefficient (Wildman–Crippen LogP) is -0.541. The smallest absolute Gasteiger partial charge is 0.130 e. The van der Waals surface area contributed by atoms with Gasteiger partial charge in [0.2, 0.25) is 0 Å². The molecule has 0 aliphatic carbocycles. The number of nitrogens with one attached hydrogen (secondary N) is 1. The summed E-state index contributed by atoms with van der Waals surface area (Å²) in [6, 6.07) is 0. The summed E-state index contributed by atoms with van der Waals surface area (Å²) in [5, 5.41) is 2.97. The second-order valence-electron chi connectivity index (χ2n) is 1.58. The highest BCUT2D eigenvalue weighted by atomic mass is 15.1. The third-order valence-corrected chi connectivity index (χ3v) is 0.960. The molecular weight excluding hydrogens is 102 g/mol. The molecule has 0 amide bonds. The molecule has 0 fully saturated rings. The molecule has 1 heterocycles. The van der Waals surface area contributed by atoms with E-state index in [2.05, 4.69) is 10.3 Å². The zero-order valence-electron chi connectivity index (χ0n) is 4.54. The molecule has 0 aromatic heterocycles. The molecule has 0 aromatic rings. The van der Waals surface area contributed by atoms with Gasteiger partial charge in [-0.2, -0.15) is 0 Å². The molecular formula is C5H9N3. The largest absolute Gasteiger partial charge is 0.369 e. The molecule has 0 radical (unpaired) electrons. The topological polar surface area (TPSA) is 50.4 Å². The van der Waals surface area contributed by atoms with Gasteiger partial charge in [-0.15, -0.1) is 0 Å². The van der Waals surface area contributed by atoms with Crippen molar-refractivity contribution in [3.63, 3.8) is 0 Å². The highest BCUT2D eigenvalue weighted by molar-refractivity contribution is 5.71. The molecule has 1 aliphatic heterocycles.